The van der Waals surface area contributed by atoms with Gasteiger partial charge >= 0.3 is 0 Å². The van der Waals surface area contributed by atoms with Gasteiger partial charge < -0.3 is 5.32 Å². The number of aryl methyl sites for hydroxylation is 3. The normalized spacial score (nSPS) is 11.2. The molecule has 0 unspecified atom stereocenters. The van der Waals surface area contributed by atoms with E-state index in [1.54, 1.807) is 21.6 Å². The maximum atomic E-state index is 11.8. The topological polar surface area (TPSA) is 64.7 Å². The Balaban J connectivity index is 1.93. The van der Waals surface area contributed by atoms with Crippen molar-refractivity contribution in [3.05, 3.63) is 41.0 Å². The van der Waals surface area contributed by atoms with E-state index >= 15 is 0 Å². The number of carbonyl (C=O) groups excluding carboxylic acids is 1. The van der Waals surface area contributed by atoms with Crippen molar-refractivity contribution in [1.29, 1.82) is 0 Å². The molecule has 106 valence electrons. The highest BCUT2D eigenvalue weighted by Crippen LogP contribution is 2.07. The summed E-state index contributed by atoms with van der Waals surface area (Å²) in [4.78, 5) is 11.8. The largest absolute Gasteiger partial charge is 0.348 e. The quantitative estimate of drug-likeness (QED) is 0.848. The van der Waals surface area contributed by atoms with Crippen LogP contribution in [0.15, 0.2) is 18.5 Å². The number of nitrogens with one attached hydrogen (secondary N) is 1. The van der Waals surface area contributed by atoms with Crippen LogP contribution in [0, 0.1) is 13.8 Å². The summed E-state index contributed by atoms with van der Waals surface area (Å²) < 4.78 is 3.52. The molecule has 0 atom stereocenters. The fourth-order valence-corrected chi connectivity index (χ4v) is 1.91. The molecule has 0 aliphatic rings. The van der Waals surface area contributed by atoms with Gasteiger partial charge in [-0.1, -0.05) is 0 Å². The minimum absolute atomic E-state index is 0.128. The van der Waals surface area contributed by atoms with Gasteiger partial charge in [0, 0.05) is 49.7 Å². The first-order valence-corrected chi connectivity index (χ1v) is 6.41. The van der Waals surface area contributed by atoms with Crippen LogP contribution in [0.25, 0.3) is 6.08 Å². The van der Waals surface area contributed by atoms with Crippen LogP contribution in [0.4, 0.5) is 0 Å². The Morgan fingerprint density at radius 1 is 1.40 bits per heavy atom. The zero-order valence-electron chi connectivity index (χ0n) is 12.2. The molecule has 2 aromatic heterocycles. The molecule has 2 rings (SSSR count). The van der Waals surface area contributed by atoms with E-state index in [1.165, 1.54) is 6.08 Å². The number of nitrogens with zero attached hydrogens (tertiary/aromatic N) is 4. The molecule has 0 radical (unpaired) electrons. The van der Waals surface area contributed by atoms with Gasteiger partial charge in [-0.2, -0.15) is 10.2 Å². The van der Waals surface area contributed by atoms with Gasteiger partial charge in [-0.05, 0) is 19.9 Å². The number of hydrogen-bond donors (Lipinski definition) is 1. The molecule has 1 N–H and O–H groups in total. The van der Waals surface area contributed by atoms with Crippen LogP contribution < -0.4 is 5.32 Å². The van der Waals surface area contributed by atoms with Crippen molar-refractivity contribution < 1.29 is 4.79 Å². The number of rotatable bonds is 4. The summed E-state index contributed by atoms with van der Waals surface area (Å²) in [5, 5.41) is 11.2. The lowest BCUT2D eigenvalue weighted by Gasteiger charge is -2.00. The van der Waals surface area contributed by atoms with Gasteiger partial charge in [0.05, 0.1) is 11.9 Å². The zero-order chi connectivity index (χ0) is 14.7. The summed E-state index contributed by atoms with van der Waals surface area (Å²) in [6.07, 6.45) is 6.94. The molecule has 0 aliphatic heterocycles. The van der Waals surface area contributed by atoms with E-state index in [9.17, 15) is 4.79 Å². The van der Waals surface area contributed by atoms with Gasteiger partial charge in [-0.15, -0.1) is 0 Å². The third-order valence-corrected chi connectivity index (χ3v) is 3.26. The van der Waals surface area contributed by atoms with E-state index < -0.39 is 0 Å². The molecule has 20 heavy (non-hydrogen) atoms. The van der Waals surface area contributed by atoms with Crippen LogP contribution in [-0.2, 0) is 25.4 Å². The highest BCUT2D eigenvalue weighted by atomic mass is 16.1. The van der Waals surface area contributed by atoms with Crippen molar-refractivity contribution in [1.82, 2.24) is 24.9 Å². The monoisotopic (exact) mass is 273 g/mol. The predicted octanol–water partition coefficient (Wildman–Crippen LogP) is 1.10. The predicted molar refractivity (Wildman–Crippen MR) is 76.8 cm³/mol. The fourth-order valence-electron chi connectivity index (χ4n) is 1.91. The second-order valence-corrected chi connectivity index (χ2v) is 4.77. The summed E-state index contributed by atoms with van der Waals surface area (Å²) in [6.45, 7) is 4.37. The zero-order valence-corrected chi connectivity index (χ0v) is 12.2. The number of hydrogen-bond acceptors (Lipinski definition) is 3. The van der Waals surface area contributed by atoms with Crippen molar-refractivity contribution >= 4 is 12.0 Å². The second-order valence-electron chi connectivity index (χ2n) is 4.77. The number of aromatic nitrogens is 4. The third kappa shape index (κ3) is 3.14. The molecule has 2 aromatic rings. The highest BCUT2D eigenvalue weighted by molar-refractivity contribution is 5.91. The summed E-state index contributed by atoms with van der Waals surface area (Å²) >= 11 is 0. The smallest absolute Gasteiger partial charge is 0.244 e. The average molecular weight is 273 g/mol. The molecular formula is C14H19N5O. The third-order valence-electron chi connectivity index (χ3n) is 3.26. The molecule has 6 nitrogen and oxygen atoms in total. The molecule has 1 amide bonds. The average Bonchev–Trinajstić information content (AvgIpc) is 2.89. The molecule has 0 fully saturated rings. The van der Waals surface area contributed by atoms with E-state index in [1.807, 2.05) is 34.1 Å². The fraction of sp³-hybridized carbons (Fsp3) is 0.357. The SMILES string of the molecule is Cc1nn(C)cc1CNC(=O)/C=C/c1cnn(C)c1C. The minimum Gasteiger partial charge on any atom is -0.348 e. The van der Waals surface area contributed by atoms with Crippen molar-refractivity contribution in [3.8, 4) is 0 Å². The molecule has 0 saturated heterocycles. The molecule has 0 spiro atoms. The maximum absolute atomic E-state index is 11.8. The molecule has 6 heteroatoms. The second kappa shape index (κ2) is 5.73. The summed E-state index contributed by atoms with van der Waals surface area (Å²) in [6, 6.07) is 0. The Hall–Kier alpha value is -2.37. The lowest BCUT2D eigenvalue weighted by atomic mass is 10.2. The van der Waals surface area contributed by atoms with Crippen molar-refractivity contribution in [2.45, 2.75) is 20.4 Å². The molecule has 0 bridgehead atoms. The number of carbonyl (C=O) groups is 1. The van der Waals surface area contributed by atoms with E-state index in [2.05, 4.69) is 15.5 Å². The first-order chi connectivity index (χ1) is 9.47. The van der Waals surface area contributed by atoms with Crippen molar-refractivity contribution in [2.75, 3.05) is 0 Å². The van der Waals surface area contributed by atoms with Crippen LogP contribution in [-0.4, -0.2) is 25.5 Å². The lowest BCUT2D eigenvalue weighted by Crippen LogP contribution is -2.20. The first kappa shape index (κ1) is 14.0. The van der Waals surface area contributed by atoms with Gasteiger partial charge in [0.15, 0.2) is 0 Å². The van der Waals surface area contributed by atoms with Gasteiger partial charge in [0.1, 0.15) is 0 Å². The van der Waals surface area contributed by atoms with Gasteiger partial charge in [-0.25, -0.2) is 0 Å². The van der Waals surface area contributed by atoms with Gasteiger partial charge in [0.25, 0.3) is 0 Å². The van der Waals surface area contributed by atoms with Crippen LogP contribution in [0.2, 0.25) is 0 Å². The Labute approximate surface area is 118 Å². The van der Waals surface area contributed by atoms with E-state index in [0.717, 1.165) is 22.5 Å². The van der Waals surface area contributed by atoms with E-state index in [-0.39, 0.29) is 5.91 Å². The van der Waals surface area contributed by atoms with Crippen molar-refractivity contribution in [3.63, 3.8) is 0 Å². The Kier molecular flexibility index (Phi) is 4.02. The standard InChI is InChI=1S/C14H19N5O/c1-10-13(9-18(3)17-10)7-15-14(20)6-5-12-8-16-19(4)11(12)2/h5-6,8-9H,7H2,1-4H3,(H,15,20)/b6-5+. The first-order valence-electron chi connectivity index (χ1n) is 6.41. The van der Waals surface area contributed by atoms with Crippen LogP contribution in [0.5, 0.6) is 0 Å². The Morgan fingerprint density at radius 2 is 2.15 bits per heavy atom. The Bertz CT molecular complexity index is 651. The molecular weight excluding hydrogens is 254 g/mol. The van der Waals surface area contributed by atoms with Crippen molar-refractivity contribution in [2.24, 2.45) is 14.1 Å². The molecule has 0 aliphatic carbocycles. The van der Waals surface area contributed by atoms with E-state index in [4.69, 9.17) is 0 Å². The minimum atomic E-state index is -0.128. The van der Waals surface area contributed by atoms with Gasteiger partial charge in [-0.3, -0.25) is 14.2 Å². The van der Waals surface area contributed by atoms with Crippen LogP contribution in [0.3, 0.4) is 0 Å². The maximum Gasteiger partial charge on any atom is 0.244 e. The lowest BCUT2D eigenvalue weighted by molar-refractivity contribution is -0.116. The molecule has 2 heterocycles. The van der Waals surface area contributed by atoms with Crippen LogP contribution in [0.1, 0.15) is 22.5 Å². The van der Waals surface area contributed by atoms with E-state index in [0.29, 0.717) is 6.54 Å². The number of amides is 1. The Morgan fingerprint density at radius 3 is 2.70 bits per heavy atom. The van der Waals surface area contributed by atoms with Crippen LogP contribution >= 0.6 is 0 Å². The molecule has 0 aromatic carbocycles. The van der Waals surface area contributed by atoms with Gasteiger partial charge in [0.2, 0.25) is 5.91 Å². The summed E-state index contributed by atoms with van der Waals surface area (Å²) in [5.74, 6) is -0.128. The molecule has 0 saturated carbocycles. The summed E-state index contributed by atoms with van der Waals surface area (Å²) in [7, 11) is 3.74. The summed E-state index contributed by atoms with van der Waals surface area (Å²) in [5.41, 5.74) is 3.92. The highest BCUT2D eigenvalue weighted by Gasteiger charge is 2.04.